The molecule has 8 heteroatoms. The molecule has 8 rings (SSSR count). The Bertz CT molecular complexity index is 2300. The molecule has 4 aromatic carbocycles. The van der Waals surface area contributed by atoms with Crippen molar-refractivity contribution >= 4 is 0 Å². The van der Waals surface area contributed by atoms with E-state index in [4.69, 9.17) is 9.97 Å². The quantitative estimate of drug-likeness (QED) is 0.0563. The van der Waals surface area contributed by atoms with Crippen molar-refractivity contribution in [3.63, 3.8) is 0 Å². The molecule has 8 nitrogen and oxygen atoms in total. The van der Waals surface area contributed by atoms with Gasteiger partial charge in [-0.15, -0.1) is 0 Å². The Kier molecular flexibility index (Phi) is 17.5. The third kappa shape index (κ3) is 15.5. The van der Waals surface area contributed by atoms with Gasteiger partial charge in [0.15, 0.2) is 0 Å². The average Bonchev–Trinajstić information content (AvgIpc) is 3.36. The summed E-state index contributed by atoms with van der Waals surface area (Å²) in [5.74, 6) is 0. The van der Waals surface area contributed by atoms with Crippen molar-refractivity contribution < 1.29 is 0 Å². The van der Waals surface area contributed by atoms with Crippen molar-refractivity contribution in [2.45, 2.75) is 65.2 Å². The van der Waals surface area contributed by atoms with E-state index in [0.29, 0.717) is 0 Å². The highest BCUT2D eigenvalue weighted by atomic mass is 15.2. The molecule has 0 atom stereocenters. The van der Waals surface area contributed by atoms with Gasteiger partial charge in [0.1, 0.15) is 0 Å². The fraction of sp³-hybridized carbons (Fsp3) is 0.241. The fourth-order valence-electron chi connectivity index (χ4n) is 8.46. The van der Waals surface area contributed by atoms with Crippen LogP contribution >= 0.6 is 0 Å². The molecule has 0 bridgehead atoms. The Morgan fingerprint density at radius 3 is 0.818 bits per heavy atom. The molecular weight excluding hydrogens is 809 g/mol. The molecule has 8 aromatic rings. The molecule has 0 aliphatic rings. The van der Waals surface area contributed by atoms with E-state index in [2.05, 4.69) is 212 Å². The van der Waals surface area contributed by atoms with E-state index in [0.717, 1.165) is 126 Å². The molecule has 66 heavy (non-hydrogen) atoms. The zero-order valence-corrected chi connectivity index (χ0v) is 38.1. The van der Waals surface area contributed by atoms with Crippen LogP contribution in [0.5, 0.6) is 0 Å². The number of aryl methyl sites for hydroxylation is 2. The standard InChI is InChI=1S/C58H62N8/c1-5-19-49(20-6-1)41-63(45-55-27-13-15-35-59-55)37-39-65(43-51-23-9-3-10-24-51)47-57-31-17-29-53(61-57)33-34-54-30-18-32-58(62-54)48-66(44-52-25-11-4-12-26-52)40-38-64(42-50-21-7-2-8-22-50)46-56-28-14-16-36-60-56/h1-32,35-36H,33-34,37-48H2. The summed E-state index contributed by atoms with van der Waals surface area (Å²) in [5.41, 5.74) is 11.7. The molecule has 0 aliphatic heterocycles. The lowest BCUT2D eigenvalue weighted by Gasteiger charge is -2.28. The monoisotopic (exact) mass is 871 g/mol. The van der Waals surface area contributed by atoms with Gasteiger partial charge in [-0.3, -0.25) is 39.5 Å². The third-order valence-electron chi connectivity index (χ3n) is 11.8. The molecule has 0 amide bonds. The first kappa shape index (κ1) is 45.9. The summed E-state index contributed by atoms with van der Waals surface area (Å²) in [4.78, 5) is 29.9. The summed E-state index contributed by atoms with van der Waals surface area (Å²) in [6, 6.07) is 68.5. The van der Waals surface area contributed by atoms with Crippen molar-refractivity contribution in [2.24, 2.45) is 0 Å². The molecule has 0 spiro atoms. The van der Waals surface area contributed by atoms with E-state index in [9.17, 15) is 0 Å². The van der Waals surface area contributed by atoms with E-state index < -0.39 is 0 Å². The Morgan fingerprint density at radius 1 is 0.242 bits per heavy atom. The smallest absolute Gasteiger partial charge is 0.0547 e. The van der Waals surface area contributed by atoms with E-state index in [-0.39, 0.29) is 0 Å². The van der Waals surface area contributed by atoms with Crippen molar-refractivity contribution in [1.82, 2.24) is 39.5 Å². The second-order valence-corrected chi connectivity index (χ2v) is 17.2. The van der Waals surface area contributed by atoms with Crippen LogP contribution in [-0.2, 0) is 65.2 Å². The first-order valence-corrected chi connectivity index (χ1v) is 23.4. The SMILES string of the molecule is c1ccc(CN(CCN(Cc2ccccc2)Cc2cccc(CCc3cccc(CN(CCN(Cc4ccccc4)Cc4ccccn4)Cc4ccccc4)n3)n2)Cc2ccccn2)cc1. The van der Waals surface area contributed by atoms with Gasteiger partial charge in [0.05, 0.1) is 22.8 Å². The lowest BCUT2D eigenvalue weighted by molar-refractivity contribution is 0.180. The first-order valence-electron chi connectivity index (χ1n) is 23.4. The summed E-state index contributed by atoms with van der Waals surface area (Å²) in [6.07, 6.45) is 5.43. The molecule has 0 aliphatic carbocycles. The Morgan fingerprint density at radius 2 is 0.515 bits per heavy atom. The van der Waals surface area contributed by atoms with Crippen molar-refractivity contribution in [2.75, 3.05) is 26.2 Å². The summed E-state index contributed by atoms with van der Waals surface area (Å²) >= 11 is 0. The Hall–Kier alpha value is -6.68. The van der Waals surface area contributed by atoms with Crippen molar-refractivity contribution in [1.29, 1.82) is 0 Å². The molecule has 4 aromatic heterocycles. The lowest BCUT2D eigenvalue weighted by atomic mass is 10.1. The van der Waals surface area contributed by atoms with Crippen LogP contribution in [0.1, 0.15) is 56.4 Å². The first-order chi connectivity index (χ1) is 32.6. The molecular formula is C58H62N8. The maximum Gasteiger partial charge on any atom is 0.0547 e. The molecule has 0 N–H and O–H groups in total. The largest absolute Gasteiger partial charge is 0.292 e. The fourth-order valence-corrected chi connectivity index (χ4v) is 8.46. The highest BCUT2D eigenvalue weighted by molar-refractivity contribution is 5.20. The number of hydrogen-bond donors (Lipinski definition) is 0. The van der Waals surface area contributed by atoms with E-state index in [1.165, 1.54) is 22.3 Å². The highest BCUT2D eigenvalue weighted by Crippen LogP contribution is 2.16. The van der Waals surface area contributed by atoms with Crippen LogP contribution in [-0.4, -0.2) is 65.7 Å². The summed E-state index contributed by atoms with van der Waals surface area (Å²) in [5, 5.41) is 0. The van der Waals surface area contributed by atoms with Crippen LogP contribution in [0.3, 0.4) is 0 Å². The minimum atomic E-state index is 0.765. The van der Waals surface area contributed by atoms with Gasteiger partial charge in [-0.1, -0.05) is 146 Å². The van der Waals surface area contributed by atoms with Gasteiger partial charge in [0.2, 0.25) is 0 Å². The van der Waals surface area contributed by atoms with Crippen molar-refractivity contribution in [3.05, 3.63) is 263 Å². The maximum atomic E-state index is 5.24. The van der Waals surface area contributed by atoms with E-state index in [1.807, 2.05) is 24.5 Å². The van der Waals surface area contributed by atoms with Crippen LogP contribution in [0.4, 0.5) is 0 Å². The van der Waals surface area contributed by atoms with Gasteiger partial charge in [-0.05, 0) is 83.6 Å². The second-order valence-electron chi connectivity index (χ2n) is 17.2. The summed E-state index contributed by atoms with van der Waals surface area (Å²) in [7, 11) is 0. The molecule has 4 heterocycles. The normalized spacial score (nSPS) is 11.5. The number of benzene rings is 4. The Labute approximate surface area is 392 Å². The molecule has 334 valence electrons. The minimum Gasteiger partial charge on any atom is -0.292 e. The van der Waals surface area contributed by atoms with Gasteiger partial charge in [-0.25, -0.2) is 0 Å². The number of nitrogens with zero attached hydrogens (tertiary/aromatic N) is 8. The minimum absolute atomic E-state index is 0.765. The molecule has 0 saturated carbocycles. The number of pyridine rings is 4. The zero-order valence-electron chi connectivity index (χ0n) is 38.1. The van der Waals surface area contributed by atoms with Crippen LogP contribution in [0.15, 0.2) is 207 Å². The molecule has 0 unspecified atom stereocenters. The predicted octanol–water partition coefficient (Wildman–Crippen LogP) is 10.5. The summed E-state index contributed by atoms with van der Waals surface area (Å²) < 4.78 is 0. The van der Waals surface area contributed by atoms with E-state index in [1.54, 1.807) is 0 Å². The van der Waals surface area contributed by atoms with Gasteiger partial charge < -0.3 is 0 Å². The lowest BCUT2D eigenvalue weighted by Crippen LogP contribution is -2.34. The average molecular weight is 871 g/mol. The van der Waals surface area contributed by atoms with Crippen LogP contribution in [0, 0.1) is 0 Å². The number of aromatic nitrogens is 4. The van der Waals surface area contributed by atoms with Crippen LogP contribution in [0.2, 0.25) is 0 Å². The number of hydrogen-bond acceptors (Lipinski definition) is 8. The molecule has 0 saturated heterocycles. The second kappa shape index (κ2) is 25.1. The summed E-state index contributed by atoms with van der Waals surface area (Å²) in [6.45, 7) is 10.1. The van der Waals surface area contributed by atoms with Gasteiger partial charge in [0.25, 0.3) is 0 Å². The van der Waals surface area contributed by atoms with Gasteiger partial charge in [-0.2, -0.15) is 0 Å². The number of rotatable bonds is 25. The maximum absolute atomic E-state index is 5.24. The molecule has 0 fully saturated rings. The van der Waals surface area contributed by atoms with Crippen molar-refractivity contribution in [3.8, 4) is 0 Å². The van der Waals surface area contributed by atoms with Crippen LogP contribution in [0.25, 0.3) is 0 Å². The zero-order chi connectivity index (χ0) is 44.9. The molecule has 0 radical (unpaired) electrons. The predicted molar refractivity (Wildman–Crippen MR) is 267 cm³/mol. The van der Waals surface area contributed by atoms with Crippen LogP contribution < -0.4 is 0 Å². The van der Waals surface area contributed by atoms with Gasteiger partial charge >= 0.3 is 0 Å². The topological polar surface area (TPSA) is 64.5 Å². The van der Waals surface area contributed by atoms with E-state index >= 15 is 0 Å². The van der Waals surface area contributed by atoms with Gasteiger partial charge in [0, 0.05) is 102 Å². The Balaban J connectivity index is 0.918. The highest BCUT2D eigenvalue weighted by Gasteiger charge is 2.16. The third-order valence-corrected chi connectivity index (χ3v) is 11.8.